The average Bonchev–Trinajstić information content (AvgIpc) is 3.52. The second-order valence-electron chi connectivity index (χ2n) is 7.97. The van der Waals surface area contributed by atoms with Crippen LogP contribution in [0.25, 0.3) is 11.1 Å². The number of aromatic nitrogens is 1. The van der Waals surface area contributed by atoms with Gasteiger partial charge in [0, 0.05) is 39.3 Å². The SMILES string of the molecule is O=C([C@H]1CCCN1c1nc2ccccc2o1)N1CCN(C(=O)[C@H]2CCCO2)CC1. The van der Waals surface area contributed by atoms with Crippen LogP contribution in [0.2, 0.25) is 0 Å². The standard InChI is InChI=1S/C21H26N4O4/c26-19(23-10-12-24(13-11-23)20(27)18-8-4-14-28-18)16-6-3-9-25(16)21-22-15-5-1-2-7-17(15)29-21/h1-2,5,7,16,18H,3-4,6,8-14H2/t16-,18-/m1/s1. The van der Waals surface area contributed by atoms with Crippen LogP contribution < -0.4 is 4.90 Å². The van der Waals surface area contributed by atoms with Gasteiger partial charge in [0.25, 0.3) is 11.9 Å². The lowest BCUT2D eigenvalue weighted by Crippen LogP contribution is -2.56. The van der Waals surface area contributed by atoms with Crippen LogP contribution in [0.3, 0.4) is 0 Å². The van der Waals surface area contributed by atoms with Crippen LogP contribution in [0.1, 0.15) is 25.7 Å². The van der Waals surface area contributed by atoms with Crippen molar-refractivity contribution in [2.75, 3.05) is 44.2 Å². The van der Waals surface area contributed by atoms with Gasteiger partial charge in [-0.25, -0.2) is 0 Å². The lowest BCUT2D eigenvalue weighted by molar-refractivity contribution is -0.146. The van der Waals surface area contributed by atoms with E-state index in [4.69, 9.17) is 9.15 Å². The van der Waals surface area contributed by atoms with Gasteiger partial charge in [-0.05, 0) is 37.8 Å². The molecule has 0 N–H and O–H groups in total. The maximum atomic E-state index is 13.2. The number of para-hydroxylation sites is 2. The first-order chi connectivity index (χ1) is 14.2. The molecule has 0 bridgehead atoms. The molecule has 0 spiro atoms. The molecule has 8 heteroatoms. The Bertz CT molecular complexity index is 866. The number of carbonyl (C=O) groups excluding carboxylic acids is 2. The van der Waals surface area contributed by atoms with E-state index in [0.717, 1.165) is 43.3 Å². The number of fused-ring (bicyclic) bond motifs is 1. The van der Waals surface area contributed by atoms with Gasteiger partial charge < -0.3 is 23.9 Å². The van der Waals surface area contributed by atoms with Crippen molar-refractivity contribution in [3.8, 4) is 0 Å². The van der Waals surface area contributed by atoms with Crippen molar-refractivity contribution < 1.29 is 18.7 Å². The van der Waals surface area contributed by atoms with Gasteiger partial charge in [0.15, 0.2) is 5.58 Å². The van der Waals surface area contributed by atoms with Crippen LogP contribution in [0.4, 0.5) is 6.01 Å². The molecule has 1 aromatic heterocycles. The van der Waals surface area contributed by atoms with Gasteiger partial charge in [-0.1, -0.05) is 12.1 Å². The fourth-order valence-electron chi connectivity index (χ4n) is 4.57. The number of hydrogen-bond donors (Lipinski definition) is 0. The molecule has 5 rings (SSSR count). The van der Waals surface area contributed by atoms with Crippen LogP contribution in [0.15, 0.2) is 28.7 Å². The Kier molecular flexibility index (Phi) is 4.87. The summed E-state index contributed by atoms with van der Waals surface area (Å²) in [5.41, 5.74) is 1.55. The maximum absolute atomic E-state index is 13.2. The number of anilines is 1. The molecular formula is C21H26N4O4. The normalized spacial score (nSPS) is 25.2. The minimum absolute atomic E-state index is 0.0727. The van der Waals surface area contributed by atoms with E-state index >= 15 is 0 Å². The summed E-state index contributed by atoms with van der Waals surface area (Å²) in [6.07, 6.45) is 3.20. The highest BCUT2D eigenvalue weighted by molar-refractivity contribution is 5.86. The number of ether oxygens (including phenoxy) is 1. The minimum Gasteiger partial charge on any atom is -0.423 e. The molecule has 2 amide bonds. The quantitative estimate of drug-likeness (QED) is 0.782. The molecule has 2 aromatic rings. The number of nitrogens with zero attached hydrogens (tertiary/aromatic N) is 4. The van der Waals surface area contributed by atoms with Crippen molar-refractivity contribution >= 4 is 28.9 Å². The predicted molar refractivity (Wildman–Crippen MR) is 107 cm³/mol. The number of carbonyl (C=O) groups is 2. The lowest BCUT2D eigenvalue weighted by atomic mass is 10.1. The molecule has 154 valence electrons. The molecular weight excluding hydrogens is 372 g/mol. The minimum atomic E-state index is -0.290. The van der Waals surface area contributed by atoms with Gasteiger partial charge in [-0.15, -0.1) is 0 Å². The maximum Gasteiger partial charge on any atom is 0.299 e. The van der Waals surface area contributed by atoms with Gasteiger partial charge >= 0.3 is 0 Å². The highest BCUT2D eigenvalue weighted by Gasteiger charge is 2.38. The van der Waals surface area contributed by atoms with Crippen molar-refractivity contribution in [2.45, 2.75) is 37.8 Å². The van der Waals surface area contributed by atoms with Crippen molar-refractivity contribution in [2.24, 2.45) is 0 Å². The summed E-state index contributed by atoms with van der Waals surface area (Å²) in [5.74, 6) is 0.178. The Morgan fingerprint density at radius 2 is 1.69 bits per heavy atom. The number of piperazine rings is 1. The molecule has 0 unspecified atom stereocenters. The zero-order valence-electron chi connectivity index (χ0n) is 16.5. The molecule has 0 radical (unpaired) electrons. The molecule has 3 aliphatic rings. The second kappa shape index (κ2) is 7.67. The Morgan fingerprint density at radius 1 is 0.931 bits per heavy atom. The fraction of sp³-hybridized carbons (Fsp3) is 0.571. The highest BCUT2D eigenvalue weighted by atomic mass is 16.5. The number of amides is 2. The van der Waals surface area contributed by atoms with E-state index in [2.05, 4.69) is 4.98 Å². The topological polar surface area (TPSA) is 79.1 Å². The summed E-state index contributed by atoms with van der Waals surface area (Å²) >= 11 is 0. The van der Waals surface area contributed by atoms with Gasteiger partial charge in [-0.3, -0.25) is 9.59 Å². The first kappa shape index (κ1) is 18.4. The molecule has 3 saturated heterocycles. The van der Waals surface area contributed by atoms with Gasteiger partial charge in [0.2, 0.25) is 5.91 Å². The number of rotatable bonds is 3. The number of benzene rings is 1. The van der Waals surface area contributed by atoms with Crippen molar-refractivity contribution in [1.82, 2.24) is 14.8 Å². The third-order valence-electron chi connectivity index (χ3n) is 6.17. The molecule has 4 heterocycles. The van der Waals surface area contributed by atoms with Crippen molar-refractivity contribution in [3.63, 3.8) is 0 Å². The zero-order valence-corrected chi connectivity index (χ0v) is 16.5. The summed E-state index contributed by atoms with van der Waals surface area (Å²) in [5, 5.41) is 0. The van der Waals surface area contributed by atoms with E-state index in [-0.39, 0.29) is 24.0 Å². The third kappa shape index (κ3) is 3.46. The van der Waals surface area contributed by atoms with Crippen LogP contribution in [0.5, 0.6) is 0 Å². The van der Waals surface area contributed by atoms with E-state index in [9.17, 15) is 9.59 Å². The largest absolute Gasteiger partial charge is 0.423 e. The summed E-state index contributed by atoms with van der Waals surface area (Å²) < 4.78 is 11.4. The first-order valence-corrected chi connectivity index (χ1v) is 10.5. The molecule has 2 atom stereocenters. The van der Waals surface area contributed by atoms with Crippen LogP contribution in [-0.4, -0.2) is 78.1 Å². The molecule has 3 aliphatic heterocycles. The lowest BCUT2D eigenvalue weighted by Gasteiger charge is -2.37. The number of oxazole rings is 1. The summed E-state index contributed by atoms with van der Waals surface area (Å²) in [6.45, 7) is 3.70. The van der Waals surface area contributed by atoms with E-state index in [1.807, 2.05) is 39.0 Å². The Hall–Kier alpha value is -2.61. The van der Waals surface area contributed by atoms with E-state index in [0.29, 0.717) is 38.8 Å². The van der Waals surface area contributed by atoms with E-state index < -0.39 is 0 Å². The molecule has 1 aromatic carbocycles. The highest BCUT2D eigenvalue weighted by Crippen LogP contribution is 2.29. The first-order valence-electron chi connectivity index (χ1n) is 10.5. The van der Waals surface area contributed by atoms with Crippen LogP contribution >= 0.6 is 0 Å². The molecule has 8 nitrogen and oxygen atoms in total. The molecule has 29 heavy (non-hydrogen) atoms. The van der Waals surface area contributed by atoms with Gasteiger partial charge in [-0.2, -0.15) is 4.98 Å². The zero-order chi connectivity index (χ0) is 19.8. The van der Waals surface area contributed by atoms with Gasteiger partial charge in [0.05, 0.1) is 0 Å². The molecule has 0 aliphatic carbocycles. The Morgan fingerprint density at radius 3 is 2.41 bits per heavy atom. The van der Waals surface area contributed by atoms with Crippen LogP contribution in [-0.2, 0) is 14.3 Å². The van der Waals surface area contributed by atoms with Crippen molar-refractivity contribution in [1.29, 1.82) is 0 Å². The Labute approximate surface area is 169 Å². The summed E-state index contributed by atoms with van der Waals surface area (Å²) in [4.78, 5) is 36.0. The summed E-state index contributed by atoms with van der Waals surface area (Å²) in [6, 6.07) is 7.93. The third-order valence-corrected chi connectivity index (χ3v) is 6.17. The fourth-order valence-corrected chi connectivity index (χ4v) is 4.57. The van der Waals surface area contributed by atoms with E-state index in [1.54, 1.807) is 0 Å². The van der Waals surface area contributed by atoms with Crippen LogP contribution in [0, 0.1) is 0 Å². The smallest absolute Gasteiger partial charge is 0.299 e. The van der Waals surface area contributed by atoms with Crippen molar-refractivity contribution in [3.05, 3.63) is 24.3 Å². The molecule has 0 saturated carbocycles. The Balaban J connectivity index is 1.24. The predicted octanol–water partition coefficient (Wildman–Crippen LogP) is 1.65. The molecule has 3 fully saturated rings. The average molecular weight is 398 g/mol. The number of hydrogen-bond acceptors (Lipinski definition) is 6. The monoisotopic (exact) mass is 398 g/mol. The second-order valence-corrected chi connectivity index (χ2v) is 7.97. The van der Waals surface area contributed by atoms with Gasteiger partial charge in [0.1, 0.15) is 17.7 Å². The summed E-state index contributed by atoms with van der Waals surface area (Å²) in [7, 11) is 0. The van der Waals surface area contributed by atoms with E-state index in [1.165, 1.54) is 0 Å².